The molecule has 1 unspecified atom stereocenters. The lowest BCUT2D eigenvalue weighted by molar-refractivity contribution is -0.127. The molecule has 0 bridgehead atoms. The molecule has 7 nitrogen and oxygen atoms in total. The number of rotatable bonds is 5. The van der Waals surface area contributed by atoms with E-state index in [1.54, 1.807) is 6.33 Å². The second kappa shape index (κ2) is 8.31. The normalized spacial score (nSPS) is 25.1. The second-order valence-electron chi connectivity index (χ2n) is 7.52. The average Bonchev–Trinajstić information content (AvgIpc) is 3.12. The fraction of sp³-hybridized carbons (Fsp3) is 0.737. The van der Waals surface area contributed by atoms with Gasteiger partial charge in [0.05, 0.1) is 18.9 Å². The molecule has 3 saturated heterocycles. The molecule has 0 radical (unpaired) electrons. The summed E-state index contributed by atoms with van der Waals surface area (Å²) >= 11 is 0. The maximum Gasteiger partial charge on any atom is 0.222 e. The summed E-state index contributed by atoms with van der Waals surface area (Å²) in [5.74, 6) is 1.81. The maximum atomic E-state index is 11.8. The zero-order valence-electron chi connectivity index (χ0n) is 15.5. The quantitative estimate of drug-likeness (QED) is 0.785. The number of hydrogen-bond acceptors (Lipinski definition) is 6. The lowest BCUT2D eigenvalue weighted by Gasteiger charge is -2.34. The molecule has 1 amide bonds. The highest BCUT2D eigenvalue weighted by Gasteiger charge is 2.25. The van der Waals surface area contributed by atoms with Crippen LogP contribution in [0.1, 0.15) is 37.3 Å². The van der Waals surface area contributed by atoms with E-state index in [9.17, 15) is 4.79 Å². The van der Waals surface area contributed by atoms with Crippen LogP contribution in [0.5, 0.6) is 0 Å². The zero-order chi connectivity index (χ0) is 17.8. The van der Waals surface area contributed by atoms with Gasteiger partial charge in [0.1, 0.15) is 12.1 Å². The van der Waals surface area contributed by atoms with Crippen molar-refractivity contribution in [2.24, 2.45) is 0 Å². The van der Waals surface area contributed by atoms with E-state index in [0.29, 0.717) is 11.8 Å². The van der Waals surface area contributed by atoms with Crippen LogP contribution in [0.25, 0.3) is 0 Å². The van der Waals surface area contributed by atoms with E-state index in [1.807, 2.05) is 4.90 Å². The molecule has 0 aromatic carbocycles. The lowest BCUT2D eigenvalue weighted by atomic mass is 9.94. The molecular formula is C19H29N5O2. The maximum absolute atomic E-state index is 11.8. The largest absolute Gasteiger partial charge is 0.378 e. The number of aromatic nitrogens is 2. The van der Waals surface area contributed by atoms with Gasteiger partial charge in [-0.3, -0.25) is 4.79 Å². The Hall–Kier alpha value is -1.73. The van der Waals surface area contributed by atoms with E-state index in [2.05, 4.69) is 25.8 Å². The molecule has 4 rings (SSSR count). The number of amides is 1. The van der Waals surface area contributed by atoms with Crippen LogP contribution in [0, 0.1) is 0 Å². The van der Waals surface area contributed by atoms with Gasteiger partial charge in [0, 0.05) is 57.7 Å². The minimum atomic E-state index is 0.324. The fourth-order valence-corrected chi connectivity index (χ4v) is 4.25. The summed E-state index contributed by atoms with van der Waals surface area (Å²) in [5.41, 5.74) is 1.16. The Morgan fingerprint density at radius 1 is 1.08 bits per heavy atom. The molecule has 4 heterocycles. The highest BCUT2D eigenvalue weighted by molar-refractivity contribution is 5.78. The van der Waals surface area contributed by atoms with Crippen LogP contribution in [-0.2, 0) is 9.53 Å². The number of nitrogens with zero attached hydrogens (tertiary/aromatic N) is 5. The first-order valence-corrected chi connectivity index (χ1v) is 9.94. The van der Waals surface area contributed by atoms with Crippen LogP contribution < -0.4 is 4.90 Å². The van der Waals surface area contributed by atoms with Gasteiger partial charge < -0.3 is 19.4 Å². The predicted molar refractivity (Wildman–Crippen MR) is 99.3 cm³/mol. The monoisotopic (exact) mass is 359 g/mol. The SMILES string of the molecule is O=C1CCCN1CCN1CCCC(c2cc(N3CCOCC3)ncn2)C1. The molecule has 0 saturated carbocycles. The Balaban J connectivity index is 1.35. The summed E-state index contributed by atoms with van der Waals surface area (Å²) in [5, 5.41) is 0. The highest BCUT2D eigenvalue weighted by atomic mass is 16.5. The Kier molecular flexibility index (Phi) is 5.65. The molecule has 3 aliphatic rings. The summed E-state index contributed by atoms with van der Waals surface area (Å²) in [6.07, 6.45) is 5.83. The van der Waals surface area contributed by atoms with E-state index in [4.69, 9.17) is 4.74 Å². The molecule has 0 spiro atoms. The number of carbonyl (C=O) groups is 1. The van der Waals surface area contributed by atoms with Crippen LogP contribution >= 0.6 is 0 Å². The molecule has 142 valence electrons. The van der Waals surface area contributed by atoms with Gasteiger partial charge in [0.25, 0.3) is 0 Å². The molecule has 3 aliphatic heterocycles. The Labute approximate surface area is 155 Å². The van der Waals surface area contributed by atoms with Crippen molar-refractivity contribution in [3.05, 3.63) is 18.1 Å². The summed E-state index contributed by atoms with van der Waals surface area (Å²) in [4.78, 5) is 27.7. The van der Waals surface area contributed by atoms with Crippen molar-refractivity contribution >= 4 is 11.7 Å². The number of anilines is 1. The van der Waals surface area contributed by atoms with Crippen molar-refractivity contribution in [2.45, 2.75) is 31.6 Å². The molecule has 1 aromatic rings. The number of hydrogen-bond donors (Lipinski definition) is 0. The molecule has 7 heteroatoms. The van der Waals surface area contributed by atoms with Gasteiger partial charge >= 0.3 is 0 Å². The van der Waals surface area contributed by atoms with Gasteiger partial charge in [-0.2, -0.15) is 0 Å². The fourth-order valence-electron chi connectivity index (χ4n) is 4.25. The van der Waals surface area contributed by atoms with Crippen molar-refractivity contribution in [3.63, 3.8) is 0 Å². The van der Waals surface area contributed by atoms with Crippen molar-refractivity contribution in [3.8, 4) is 0 Å². The minimum absolute atomic E-state index is 0.324. The van der Waals surface area contributed by atoms with Crippen LogP contribution in [0.3, 0.4) is 0 Å². The molecule has 0 N–H and O–H groups in total. The van der Waals surface area contributed by atoms with E-state index in [-0.39, 0.29) is 0 Å². The summed E-state index contributed by atoms with van der Waals surface area (Å²) in [6.45, 7) is 8.27. The van der Waals surface area contributed by atoms with Gasteiger partial charge in [-0.25, -0.2) is 9.97 Å². The number of piperidine rings is 1. The highest BCUT2D eigenvalue weighted by Crippen LogP contribution is 2.27. The Bertz CT molecular complexity index is 620. The number of morpholine rings is 1. The third-order valence-corrected chi connectivity index (χ3v) is 5.79. The standard InChI is InChI=1S/C19H29N5O2/c25-19-4-2-6-24(19)8-7-22-5-1-3-16(14-22)17-13-18(21-15-20-17)23-9-11-26-12-10-23/h13,15-16H,1-12,14H2. The van der Waals surface area contributed by atoms with E-state index < -0.39 is 0 Å². The molecule has 0 aliphatic carbocycles. The lowest BCUT2D eigenvalue weighted by Crippen LogP contribution is -2.41. The van der Waals surface area contributed by atoms with Crippen LogP contribution in [-0.4, -0.2) is 84.7 Å². The first-order chi connectivity index (χ1) is 12.8. The Morgan fingerprint density at radius 3 is 2.77 bits per heavy atom. The van der Waals surface area contributed by atoms with Gasteiger partial charge in [-0.05, 0) is 25.8 Å². The van der Waals surface area contributed by atoms with Crippen LogP contribution in [0.4, 0.5) is 5.82 Å². The van der Waals surface area contributed by atoms with Gasteiger partial charge in [-0.15, -0.1) is 0 Å². The third kappa shape index (κ3) is 4.15. The Morgan fingerprint density at radius 2 is 1.96 bits per heavy atom. The third-order valence-electron chi connectivity index (χ3n) is 5.79. The van der Waals surface area contributed by atoms with Crippen molar-refractivity contribution in [1.29, 1.82) is 0 Å². The number of likely N-dealkylation sites (tertiary alicyclic amines) is 2. The summed E-state index contributed by atoms with van der Waals surface area (Å²) in [7, 11) is 0. The molecular weight excluding hydrogens is 330 g/mol. The first-order valence-electron chi connectivity index (χ1n) is 9.94. The smallest absolute Gasteiger partial charge is 0.222 e. The van der Waals surface area contributed by atoms with Crippen LogP contribution in [0.2, 0.25) is 0 Å². The molecule has 1 aromatic heterocycles. The average molecular weight is 359 g/mol. The zero-order valence-corrected chi connectivity index (χ0v) is 15.5. The molecule has 26 heavy (non-hydrogen) atoms. The molecule has 1 atom stereocenters. The van der Waals surface area contributed by atoms with Crippen molar-refractivity contribution < 1.29 is 9.53 Å². The number of ether oxygens (including phenoxy) is 1. The molecule has 3 fully saturated rings. The van der Waals surface area contributed by atoms with Gasteiger partial charge in [0.2, 0.25) is 5.91 Å². The van der Waals surface area contributed by atoms with E-state index >= 15 is 0 Å². The topological polar surface area (TPSA) is 61.8 Å². The van der Waals surface area contributed by atoms with Crippen molar-refractivity contribution in [1.82, 2.24) is 19.8 Å². The second-order valence-corrected chi connectivity index (χ2v) is 7.52. The predicted octanol–water partition coefficient (Wildman–Crippen LogP) is 1.12. The van der Waals surface area contributed by atoms with Crippen molar-refractivity contribution in [2.75, 3.05) is 63.9 Å². The van der Waals surface area contributed by atoms with Gasteiger partial charge in [0.15, 0.2) is 0 Å². The first kappa shape index (κ1) is 17.7. The van der Waals surface area contributed by atoms with Crippen LogP contribution in [0.15, 0.2) is 12.4 Å². The minimum Gasteiger partial charge on any atom is -0.378 e. The van der Waals surface area contributed by atoms with E-state index in [0.717, 1.165) is 83.4 Å². The summed E-state index contributed by atoms with van der Waals surface area (Å²) < 4.78 is 5.44. The van der Waals surface area contributed by atoms with Gasteiger partial charge in [-0.1, -0.05) is 0 Å². The summed E-state index contributed by atoms with van der Waals surface area (Å²) in [6, 6.07) is 2.17. The number of carbonyl (C=O) groups excluding carboxylic acids is 1. The van der Waals surface area contributed by atoms with E-state index in [1.165, 1.54) is 12.8 Å².